The van der Waals surface area contributed by atoms with E-state index in [-0.39, 0.29) is 41.7 Å². The van der Waals surface area contributed by atoms with Gasteiger partial charge in [-0.25, -0.2) is 9.59 Å². The molecule has 4 aliphatic rings. The smallest absolute Gasteiger partial charge is 0.338 e. The van der Waals surface area contributed by atoms with E-state index in [2.05, 4.69) is 5.32 Å². The second kappa shape index (κ2) is 17.7. The first-order valence-corrected chi connectivity index (χ1v) is 21.5. The molecule has 3 aromatic rings. The lowest BCUT2D eigenvalue weighted by Crippen LogP contribution is -2.82. The Kier molecular flexibility index (Phi) is 12.8. The lowest BCUT2D eigenvalue weighted by molar-refractivity contribution is -0.346. The van der Waals surface area contributed by atoms with Crippen LogP contribution in [0.1, 0.15) is 99.5 Å². The van der Waals surface area contributed by atoms with Crippen LogP contribution in [0.3, 0.4) is 0 Å². The Labute approximate surface area is 371 Å². The molecule has 15 heteroatoms. The van der Waals surface area contributed by atoms with Crippen molar-refractivity contribution in [2.45, 2.75) is 121 Å². The molecular weight excluding hydrogens is 827 g/mol. The SMILES string of the molecule is CCCC(=O)O[C@@]12CO[C@@H]1C[C@H](O)[C@@]1(C)C(=O)[C@H](OC(C)=O)C3=C(C)[C@@H](OC(=O)[C@H](O)[C@@H](NC(=O)c4ccccc4)c4ccccc4)C[C@@](O)(C(OC(=O)c4ccccc4)C12)C3(C)C. The number of nitrogens with one attached hydrogen (secondary N) is 1. The van der Waals surface area contributed by atoms with Crippen LogP contribution >= 0.6 is 0 Å². The van der Waals surface area contributed by atoms with Crippen LogP contribution in [0.5, 0.6) is 0 Å². The third-order valence-corrected chi connectivity index (χ3v) is 13.9. The molecule has 0 aromatic heterocycles. The fourth-order valence-corrected chi connectivity index (χ4v) is 10.4. The Hall–Kier alpha value is -5.74. The van der Waals surface area contributed by atoms with E-state index in [9.17, 15) is 39.3 Å². The van der Waals surface area contributed by atoms with Crippen LogP contribution in [-0.2, 0) is 42.9 Å². The number of amides is 1. The summed E-state index contributed by atoms with van der Waals surface area (Å²) in [5, 5.41) is 40.5. The molecule has 11 atom stereocenters. The molecule has 340 valence electrons. The van der Waals surface area contributed by atoms with E-state index in [4.69, 9.17) is 23.7 Å². The number of hydrogen-bond donors (Lipinski definition) is 4. The molecule has 1 heterocycles. The highest BCUT2D eigenvalue weighted by Gasteiger charge is 2.78. The Bertz CT molecular complexity index is 2320. The summed E-state index contributed by atoms with van der Waals surface area (Å²) < 4.78 is 30.7. The van der Waals surface area contributed by atoms with Crippen LogP contribution in [0.25, 0.3) is 0 Å². The molecule has 64 heavy (non-hydrogen) atoms. The van der Waals surface area contributed by atoms with E-state index in [1.165, 1.54) is 26.0 Å². The van der Waals surface area contributed by atoms with Crippen molar-refractivity contribution in [3.63, 3.8) is 0 Å². The van der Waals surface area contributed by atoms with E-state index in [1.807, 2.05) is 0 Å². The van der Waals surface area contributed by atoms with Crippen molar-refractivity contribution >= 4 is 35.6 Å². The highest BCUT2D eigenvalue weighted by Crippen LogP contribution is 2.64. The van der Waals surface area contributed by atoms with E-state index >= 15 is 4.79 Å². The lowest BCUT2D eigenvalue weighted by atomic mass is 9.44. The third kappa shape index (κ3) is 7.82. The minimum atomic E-state index is -2.39. The molecule has 3 fully saturated rings. The molecule has 4 N–H and O–H groups in total. The van der Waals surface area contributed by atoms with E-state index in [0.29, 0.717) is 12.0 Å². The van der Waals surface area contributed by atoms with E-state index in [1.54, 1.807) is 99.6 Å². The maximum atomic E-state index is 15.6. The minimum absolute atomic E-state index is 0.00220. The largest absolute Gasteiger partial charge is 0.456 e. The predicted octanol–water partition coefficient (Wildman–Crippen LogP) is 4.52. The van der Waals surface area contributed by atoms with Gasteiger partial charge in [0.2, 0.25) is 0 Å². The number of ether oxygens (including phenoxy) is 5. The van der Waals surface area contributed by atoms with Crippen molar-refractivity contribution in [2.24, 2.45) is 16.7 Å². The summed E-state index contributed by atoms with van der Waals surface area (Å²) in [6.07, 6.45) is -10.1. The number of Topliss-reactive ketones (excluding diaryl/α,β-unsaturated/α-hetero) is 1. The molecule has 1 saturated heterocycles. The normalized spacial score (nSPS) is 31.2. The van der Waals surface area contributed by atoms with E-state index in [0.717, 1.165) is 6.92 Å². The number of esters is 4. The summed E-state index contributed by atoms with van der Waals surface area (Å²) in [4.78, 5) is 84.5. The van der Waals surface area contributed by atoms with Gasteiger partial charge in [-0.2, -0.15) is 0 Å². The summed E-state index contributed by atoms with van der Waals surface area (Å²) in [5.41, 5.74) is -7.01. The molecule has 15 nitrogen and oxygen atoms in total. The molecule has 3 aliphatic carbocycles. The molecule has 1 amide bonds. The number of aliphatic hydroxyl groups excluding tert-OH is 2. The summed E-state index contributed by atoms with van der Waals surface area (Å²) in [6, 6.07) is 23.0. The second-order valence-corrected chi connectivity index (χ2v) is 18.0. The lowest BCUT2D eigenvalue weighted by Gasteiger charge is -2.67. The first-order valence-electron chi connectivity index (χ1n) is 21.5. The zero-order valence-corrected chi connectivity index (χ0v) is 36.6. The average molecular weight is 882 g/mol. The quantitative estimate of drug-likeness (QED) is 0.112. The number of fused-ring (bicyclic) bond motifs is 5. The van der Waals surface area contributed by atoms with E-state index < -0.39 is 113 Å². The van der Waals surface area contributed by atoms with Crippen LogP contribution < -0.4 is 5.32 Å². The van der Waals surface area contributed by atoms with Crippen LogP contribution in [0.15, 0.2) is 102 Å². The number of rotatable bonds is 12. The van der Waals surface area contributed by atoms with Crippen LogP contribution in [0.4, 0.5) is 0 Å². The molecule has 2 bridgehead atoms. The Morgan fingerprint density at radius 2 is 1.47 bits per heavy atom. The van der Waals surface area contributed by atoms with Crippen molar-refractivity contribution in [2.75, 3.05) is 6.61 Å². The van der Waals surface area contributed by atoms with Gasteiger partial charge in [0.25, 0.3) is 5.91 Å². The first-order chi connectivity index (χ1) is 30.3. The number of ketones is 1. The van der Waals surface area contributed by atoms with Gasteiger partial charge < -0.3 is 44.3 Å². The van der Waals surface area contributed by atoms with Gasteiger partial charge in [0, 0.05) is 37.2 Å². The molecular formula is C49H55NO14. The number of benzene rings is 3. The maximum Gasteiger partial charge on any atom is 0.338 e. The molecule has 1 aliphatic heterocycles. The standard InChI is InChI=1S/C49H55NO14/c1-7-17-35(53)64-48-26-60-34(48)24-33(52)47(6)40(48)42(63-44(57)31-22-15-10-16-23-31)49(59)25-32(27(2)36(46(49,4)5)39(41(47)55)61-28(3)51)62-45(58)38(54)37(29-18-11-8-12-19-29)50-43(56)30-20-13-9-14-21-30/h8-16,18-23,32-34,37-40,42,52,54,59H,7,17,24-26H2,1-6H3,(H,50,56)/t32-,33-,34+,37-,38+,39+,40?,42?,47+,48-,49+/m0/s1. The van der Waals surface area contributed by atoms with Gasteiger partial charge in [0.05, 0.1) is 35.6 Å². The molecule has 3 aromatic carbocycles. The first kappa shape index (κ1) is 46.3. The van der Waals surface area contributed by atoms with Crippen molar-refractivity contribution in [1.82, 2.24) is 5.32 Å². The Morgan fingerprint density at radius 3 is 2.03 bits per heavy atom. The Morgan fingerprint density at radius 1 is 0.875 bits per heavy atom. The molecule has 2 saturated carbocycles. The van der Waals surface area contributed by atoms with Crippen LogP contribution in [0, 0.1) is 16.7 Å². The van der Waals surface area contributed by atoms with Crippen molar-refractivity contribution in [1.29, 1.82) is 0 Å². The monoisotopic (exact) mass is 881 g/mol. The molecule has 0 spiro atoms. The Balaban J connectivity index is 1.39. The summed E-state index contributed by atoms with van der Waals surface area (Å²) in [6.45, 7) is 8.66. The van der Waals surface area contributed by atoms with Gasteiger partial charge in [0.15, 0.2) is 23.6 Å². The second-order valence-electron chi connectivity index (χ2n) is 18.0. The highest BCUT2D eigenvalue weighted by atomic mass is 16.6. The predicted molar refractivity (Wildman–Crippen MR) is 227 cm³/mol. The highest BCUT2D eigenvalue weighted by molar-refractivity contribution is 5.96. The van der Waals surface area contributed by atoms with Crippen LogP contribution in [0.2, 0.25) is 0 Å². The van der Waals surface area contributed by atoms with Gasteiger partial charge in [-0.1, -0.05) is 87.5 Å². The van der Waals surface area contributed by atoms with Gasteiger partial charge >= 0.3 is 23.9 Å². The third-order valence-electron chi connectivity index (χ3n) is 13.9. The fraction of sp³-hybridized carbons (Fsp3) is 0.469. The number of aliphatic hydroxyl groups is 3. The minimum Gasteiger partial charge on any atom is -0.456 e. The van der Waals surface area contributed by atoms with Crippen molar-refractivity contribution in [3.8, 4) is 0 Å². The zero-order chi connectivity index (χ0) is 46.4. The summed E-state index contributed by atoms with van der Waals surface area (Å²) in [7, 11) is 0. The average Bonchev–Trinajstić information content (AvgIpc) is 3.27. The van der Waals surface area contributed by atoms with Gasteiger partial charge in [-0.3, -0.25) is 19.2 Å². The summed E-state index contributed by atoms with van der Waals surface area (Å²) >= 11 is 0. The molecule has 2 unspecified atom stereocenters. The van der Waals surface area contributed by atoms with Crippen LogP contribution in [-0.4, -0.2) is 105 Å². The van der Waals surface area contributed by atoms with Crippen molar-refractivity contribution < 1.29 is 67.8 Å². The van der Waals surface area contributed by atoms with Gasteiger partial charge in [-0.15, -0.1) is 0 Å². The summed E-state index contributed by atoms with van der Waals surface area (Å²) in [5.74, 6) is -6.69. The number of hydrogen-bond acceptors (Lipinski definition) is 14. The van der Waals surface area contributed by atoms with Gasteiger partial charge in [0.1, 0.15) is 23.9 Å². The molecule has 0 radical (unpaired) electrons. The maximum absolute atomic E-state index is 15.6. The van der Waals surface area contributed by atoms with Gasteiger partial charge in [-0.05, 0) is 61.2 Å². The van der Waals surface area contributed by atoms with Crippen molar-refractivity contribution in [3.05, 3.63) is 119 Å². The number of carbonyl (C=O) groups excluding carboxylic acids is 6. The fourth-order valence-electron chi connectivity index (χ4n) is 10.4. The number of carbonyl (C=O) groups is 6. The topological polar surface area (TPSA) is 221 Å². The molecule has 7 rings (SSSR count). The zero-order valence-electron chi connectivity index (χ0n) is 36.6.